The molecule has 3 rings (SSSR count). The molecule has 0 saturated heterocycles. The predicted molar refractivity (Wildman–Crippen MR) is 56.2 cm³/mol. The summed E-state index contributed by atoms with van der Waals surface area (Å²) in [4.78, 5) is 4.81. The van der Waals surface area contributed by atoms with Crippen LogP contribution < -0.4 is 0 Å². The minimum absolute atomic E-state index is 0.151. The topological polar surface area (TPSA) is 30.2 Å². The van der Waals surface area contributed by atoms with E-state index in [-0.39, 0.29) is 5.56 Å². The van der Waals surface area contributed by atoms with Crippen LogP contribution in [0.4, 0.5) is 8.78 Å². The van der Waals surface area contributed by atoms with Gasteiger partial charge in [0.25, 0.3) is 0 Å². The standard InChI is InChI=1S/C10H5F2N3S/c11-7-3-1-2-6(9(7)12)8-4-15-10(14-8)16-5-13-15/h1-5H. The van der Waals surface area contributed by atoms with E-state index in [0.29, 0.717) is 10.7 Å². The first-order valence-corrected chi connectivity index (χ1v) is 5.37. The van der Waals surface area contributed by atoms with Gasteiger partial charge in [0.15, 0.2) is 11.6 Å². The van der Waals surface area contributed by atoms with Gasteiger partial charge in [0.05, 0.1) is 11.9 Å². The van der Waals surface area contributed by atoms with Crippen LogP contribution in [-0.4, -0.2) is 14.6 Å². The highest BCUT2D eigenvalue weighted by molar-refractivity contribution is 7.14. The normalized spacial score (nSPS) is 11.1. The number of imidazole rings is 1. The van der Waals surface area contributed by atoms with Crippen molar-refractivity contribution in [1.82, 2.24) is 14.6 Å². The summed E-state index contributed by atoms with van der Waals surface area (Å²) in [5.74, 6) is -1.75. The van der Waals surface area contributed by atoms with Crippen LogP contribution >= 0.6 is 11.3 Å². The Kier molecular flexibility index (Phi) is 1.97. The molecule has 0 aliphatic heterocycles. The lowest BCUT2D eigenvalue weighted by atomic mass is 10.1. The first kappa shape index (κ1) is 9.41. The average Bonchev–Trinajstić information content (AvgIpc) is 2.81. The summed E-state index contributed by atoms with van der Waals surface area (Å²) in [6, 6.07) is 4.02. The summed E-state index contributed by atoms with van der Waals surface area (Å²) in [6.07, 6.45) is 1.57. The maximum atomic E-state index is 13.5. The van der Waals surface area contributed by atoms with Crippen molar-refractivity contribution in [3.63, 3.8) is 0 Å². The highest BCUT2D eigenvalue weighted by atomic mass is 32.1. The Balaban J connectivity index is 2.23. The summed E-state index contributed by atoms with van der Waals surface area (Å²) >= 11 is 1.34. The molecule has 2 aromatic heterocycles. The monoisotopic (exact) mass is 237 g/mol. The predicted octanol–water partition coefficient (Wildman–Crippen LogP) is 2.74. The lowest BCUT2D eigenvalue weighted by Crippen LogP contribution is -1.88. The largest absolute Gasteiger partial charge is 0.217 e. The van der Waals surface area contributed by atoms with Crippen molar-refractivity contribution in [1.29, 1.82) is 0 Å². The molecule has 0 fully saturated rings. The molecule has 0 aliphatic carbocycles. The van der Waals surface area contributed by atoms with E-state index in [1.54, 1.807) is 11.7 Å². The Morgan fingerprint density at radius 3 is 2.94 bits per heavy atom. The molecule has 0 N–H and O–H groups in total. The minimum Gasteiger partial charge on any atom is -0.217 e. The summed E-state index contributed by atoms with van der Waals surface area (Å²) in [6.45, 7) is 0. The zero-order chi connectivity index (χ0) is 11.1. The average molecular weight is 237 g/mol. The highest BCUT2D eigenvalue weighted by Crippen LogP contribution is 2.24. The summed E-state index contributed by atoms with van der Waals surface area (Å²) in [5, 5.41) is 3.97. The van der Waals surface area contributed by atoms with Gasteiger partial charge in [-0.25, -0.2) is 18.3 Å². The third-order valence-corrected chi connectivity index (χ3v) is 2.90. The van der Waals surface area contributed by atoms with E-state index in [2.05, 4.69) is 10.1 Å². The molecule has 6 heteroatoms. The van der Waals surface area contributed by atoms with E-state index >= 15 is 0 Å². The fourth-order valence-corrected chi connectivity index (χ4v) is 2.07. The second-order valence-corrected chi connectivity index (χ2v) is 4.01. The number of halogens is 2. The second-order valence-electron chi connectivity index (χ2n) is 3.19. The fourth-order valence-electron chi connectivity index (χ4n) is 1.47. The molecule has 3 aromatic rings. The van der Waals surface area contributed by atoms with Gasteiger partial charge in [0, 0.05) is 5.56 Å². The third-order valence-electron chi connectivity index (χ3n) is 2.21. The molecular weight excluding hydrogens is 232 g/mol. The molecule has 0 saturated carbocycles. The Morgan fingerprint density at radius 2 is 2.12 bits per heavy atom. The molecule has 1 aromatic carbocycles. The van der Waals surface area contributed by atoms with Crippen molar-refractivity contribution < 1.29 is 8.78 Å². The summed E-state index contributed by atoms with van der Waals surface area (Å²) in [5.41, 5.74) is 2.17. The molecule has 16 heavy (non-hydrogen) atoms. The summed E-state index contributed by atoms with van der Waals surface area (Å²) in [7, 11) is 0. The quantitative estimate of drug-likeness (QED) is 0.651. The lowest BCUT2D eigenvalue weighted by molar-refractivity contribution is 0.511. The fraction of sp³-hybridized carbons (Fsp3) is 0. The van der Waals surface area contributed by atoms with Gasteiger partial charge in [-0.3, -0.25) is 0 Å². The van der Waals surface area contributed by atoms with Gasteiger partial charge >= 0.3 is 0 Å². The van der Waals surface area contributed by atoms with Crippen molar-refractivity contribution in [2.75, 3.05) is 0 Å². The van der Waals surface area contributed by atoms with E-state index in [0.717, 1.165) is 6.07 Å². The minimum atomic E-state index is -0.881. The zero-order valence-corrected chi connectivity index (χ0v) is 8.71. The molecule has 80 valence electrons. The van der Waals surface area contributed by atoms with Crippen LogP contribution in [0.5, 0.6) is 0 Å². The van der Waals surface area contributed by atoms with Crippen LogP contribution in [0.2, 0.25) is 0 Å². The molecule has 3 nitrogen and oxygen atoms in total. The number of fused-ring (bicyclic) bond motifs is 1. The van der Waals surface area contributed by atoms with Gasteiger partial charge in [-0.2, -0.15) is 5.10 Å². The number of hydrogen-bond donors (Lipinski definition) is 0. The highest BCUT2D eigenvalue weighted by Gasteiger charge is 2.13. The molecule has 0 unspecified atom stereocenters. The molecule has 0 radical (unpaired) electrons. The Labute approximate surface area is 93.0 Å². The molecule has 0 spiro atoms. The Hall–Kier alpha value is -1.82. The zero-order valence-electron chi connectivity index (χ0n) is 7.89. The van der Waals surface area contributed by atoms with Crippen molar-refractivity contribution in [2.45, 2.75) is 0 Å². The van der Waals surface area contributed by atoms with Gasteiger partial charge < -0.3 is 0 Å². The molecule has 0 amide bonds. The second kappa shape index (κ2) is 3.34. The van der Waals surface area contributed by atoms with Crippen LogP contribution in [0.3, 0.4) is 0 Å². The third kappa shape index (κ3) is 1.30. The number of benzene rings is 1. The molecule has 0 bridgehead atoms. The van der Waals surface area contributed by atoms with E-state index in [1.165, 1.54) is 28.0 Å². The van der Waals surface area contributed by atoms with E-state index < -0.39 is 11.6 Å². The number of hydrogen-bond acceptors (Lipinski definition) is 3. The molecular formula is C10H5F2N3S. The number of rotatable bonds is 1. The van der Waals surface area contributed by atoms with Gasteiger partial charge in [0.1, 0.15) is 5.51 Å². The smallest absolute Gasteiger partial charge is 0.212 e. The van der Waals surface area contributed by atoms with Gasteiger partial charge in [-0.15, -0.1) is 0 Å². The van der Waals surface area contributed by atoms with Crippen LogP contribution in [0.15, 0.2) is 29.9 Å². The van der Waals surface area contributed by atoms with Crippen LogP contribution in [0.1, 0.15) is 0 Å². The number of nitrogens with zero attached hydrogens (tertiary/aromatic N) is 3. The Morgan fingerprint density at radius 1 is 1.25 bits per heavy atom. The van der Waals surface area contributed by atoms with Crippen LogP contribution in [0, 0.1) is 11.6 Å². The molecule has 0 atom stereocenters. The first-order chi connectivity index (χ1) is 7.75. The van der Waals surface area contributed by atoms with Crippen molar-refractivity contribution in [3.8, 4) is 11.3 Å². The maximum Gasteiger partial charge on any atom is 0.212 e. The van der Waals surface area contributed by atoms with Crippen LogP contribution in [-0.2, 0) is 0 Å². The van der Waals surface area contributed by atoms with E-state index in [4.69, 9.17) is 0 Å². The van der Waals surface area contributed by atoms with Gasteiger partial charge in [0.2, 0.25) is 4.96 Å². The van der Waals surface area contributed by atoms with Gasteiger partial charge in [-0.05, 0) is 12.1 Å². The van der Waals surface area contributed by atoms with E-state index in [9.17, 15) is 8.78 Å². The lowest BCUT2D eigenvalue weighted by Gasteiger charge is -1.98. The van der Waals surface area contributed by atoms with Crippen LogP contribution in [0.25, 0.3) is 16.2 Å². The summed E-state index contributed by atoms with van der Waals surface area (Å²) < 4.78 is 28.0. The van der Waals surface area contributed by atoms with Gasteiger partial charge in [-0.1, -0.05) is 17.4 Å². The molecule has 2 heterocycles. The maximum absolute atomic E-state index is 13.5. The van der Waals surface area contributed by atoms with E-state index in [1.807, 2.05) is 0 Å². The first-order valence-electron chi connectivity index (χ1n) is 4.49. The number of aromatic nitrogens is 3. The molecule has 0 aliphatic rings. The van der Waals surface area contributed by atoms with Crippen molar-refractivity contribution in [2.24, 2.45) is 0 Å². The van der Waals surface area contributed by atoms with Crippen molar-refractivity contribution in [3.05, 3.63) is 41.5 Å². The Bertz CT molecular complexity index is 630. The van der Waals surface area contributed by atoms with Crippen molar-refractivity contribution >= 4 is 16.3 Å². The SMILES string of the molecule is Fc1cccc(-c2cn3ncsc3n2)c1F.